The Morgan fingerprint density at radius 1 is 1.24 bits per heavy atom. The Morgan fingerprint density at radius 2 is 1.84 bits per heavy atom. The number of hydrogen-bond donors (Lipinski definition) is 0. The molecule has 1 saturated heterocycles. The standard InChI is InChI=1S/C16H27BrN4O3S/c1-12(11-21-14(3)15(17)13(2)18-21)16(22)20-7-5-19(6-8-20)9-10-25(4,23)24/h12H,5-11H2,1-4H3. The summed E-state index contributed by atoms with van der Waals surface area (Å²) in [5, 5.41) is 4.47. The van der Waals surface area contributed by atoms with Gasteiger partial charge in [-0.2, -0.15) is 5.10 Å². The van der Waals surface area contributed by atoms with Crippen LogP contribution in [0.1, 0.15) is 18.3 Å². The highest BCUT2D eigenvalue weighted by Gasteiger charge is 2.26. The Hall–Kier alpha value is -0.930. The number of nitrogens with zero attached hydrogens (tertiary/aromatic N) is 4. The van der Waals surface area contributed by atoms with Gasteiger partial charge in [-0.15, -0.1) is 0 Å². The molecule has 0 N–H and O–H groups in total. The fourth-order valence-corrected chi connectivity index (χ4v) is 3.86. The molecule has 1 fully saturated rings. The van der Waals surface area contributed by atoms with E-state index in [9.17, 15) is 13.2 Å². The lowest BCUT2D eigenvalue weighted by Gasteiger charge is -2.35. The largest absolute Gasteiger partial charge is 0.340 e. The van der Waals surface area contributed by atoms with Crippen LogP contribution in [0.4, 0.5) is 0 Å². The van der Waals surface area contributed by atoms with E-state index in [0.29, 0.717) is 26.2 Å². The summed E-state index contributed by atoms with van der Waals surface area (Å²) in [4.78, 5) is 16.7. The van der Waals surface area contributed by atoms with E-state index in [0.717, 1.165) is 29.0 Å². The summed E-state index contributed by atoms with van der Waals surface area (Å²) in [6.45, 7) is 9.70. The van der Waals surface area contributed by atoms with Crippen LogP contribution < -0.4 is 0 Å². The first-order valence-corrected chi connectivity index (χ1v) is 11.3. The maximum atomic E-state index is 12.7. The van der Waals surface area contributed by atoms with Crippen molar-refractivity contribution in [3.8, 4) is 0 Å². The lowest BCUT2D eigenvalue weighted by atomic mass is 10.1. The molecule has 2 rings (SSSR count). The zero-order valence-corrected chi connectivity index (χ0v) is 17.7. The van der Waals surface area contributed by atoms with Crippen molar-refractivity contribution >= 4 is 31.7 Å². The number of aryl methyl sites for hydroxylation is 1. The Labute approximate surface area is 158 Å². The molecule has 1 aliphatic heterocycles. The van der Waals surface area contributed by atoms with Crippen LogP contribution in [0.25, 0.3) is 0 Å². The number of sulfone groups is 1. The molecule has 7 nitrogen and oxygen atoms in total. The molecule has 1 unspecified atom stereocenters. The first-order valence-electron chi connectivity index (χ1n) is 8.47. The normalized spacial score (nSPS) is 17.7. The number of amides is 1. The maximum Gasteiger partial charge on any atom is 0.227 e. The molecule has 0 aliphatic carbocycles. The van der Waals surface area contributed by atoms with Gasteiger partial charge >= 0.3 is 0 Å². The van der Waals surface area contributed by atoms with Crippen molar-refractivity contribution in [2.45, 2.75) is 27.3 Å². The van der Waals surface area contributed by atoms with Gasteiger partial charge in [0.1, 0.15) is 9.84 Å². The van der Waals surface area contributed by atoms with Crippen LogP contribution in [0.3, 0.4) is 0 Å². The third-order valence-corrected chi connectivity index (χ3v) is 6.70. The molecule has 25 heavy (non-hydrogen) atoms. The van der Waals surface area contributed by atoms with Crippen molar-refractivity contribution in [1.82, 2.24) is 19.6 Å². The molecule has 0 radical (unpaired) electrons. The summed E-state index contributed by atoms with van der Waals surface area (Å²) in [6.07, 6.45) is 1.26. The lowest BCUT2D eigenvalue weighted by molar-refractivity contribution is -0.137. The summed E-state index contributed by atoms with van der Waals surface area (Å²) in [7, 11) is -2.94. The number of piperazine rings is 1. The Morgan fingerprint density at radius 3 is 2.32 bits per heavy atom. The van der Waals surface area contributed by atoms with Gasteiger partial charge in [-0.1, -0.05) is 6.92 Å². The molecular formula is C16H27BrN4O3S. The fourth-order valence-electron chi connectivity index (χ4n) is 2.99. The van der Waals surface area contributed by atoms with E-state index < -0.39 is 9.84 Å². The van der Waals surface area contributed by atoms with Crippen molar-refractivity contribution in [2.75, 3.05) is 44.7 Å². The van der Waals surface area contributed by atoms with Crippen molar-refractivity contribution in [2.24, 2.45) is 5.92 Å². The summed E-state index contributed by atoms with van der Waals surface area (Å²) >= 11 is 3.51. The second kappa shape index (κ2) is 8.18. The minimum atomic E-state index is -2.94. The zero-order valence-electron chi connectivity index (χ0n) is 15.3. The average Bonchev–Trinajstić information content (AvgIpc) is 2.79. The van der Waals surface area contributed by atoms with Gasteiger partial charge < -0.3 is 4.90 Å². The molecule has 1 amide bonds. The number of hydrogen-bond acceptors (Lipinski definition) is 5. The third kappa shape index (κ3) is 5.52. The summed E-state index contributed by atoms with van der Waals surface area (Å²) in [5.74, 6) is 0.156. The molecule has 1 aromatic heterocycles. The summed E-state index contributed by atoms with van der Waals surface area (Å²) in [6, 6.07) is 0. The van der Waals surface area contributed by atoms with Crippen LogP contribution in [-0.4, -0.2) is 78.6 Å². The number of carbonyl (C=O) groups is 1. The second-order valence-corrected chi connectivity index (χ2v) is 9.92. The number of halogens is 1. The Balaban J connectivity index is 1.86. The maximum absolute atomic E-state index is 12.7. The van der Waals surface area contributed by atoms with Crippen LogP contribution in [-0.2, 0) is 21.2 Å². The highest BCUT2D eigenvalue weighted by molar-refractivity contribution is 9.10. The van der Waals surface area contributed by atoms with Crippen LogP contribution >= 0.6 is 15.9 Å². The molecule has 142 valence electrons. The zero-order chi connectivity index (χ0) is 18.8. The molecule has 0 bridgehead atoms. The van der Waals surface area contributed by atoms with E-state index in [-0.39, 0.29) is 17.6 Å². The minimum absolute atomic E-state index is 0.131. The van der Waals surface area contributed by atoms with Crippen LogP contribution in [0.5, 0.6) is 0 Å². The quantitative estimate of drug-likeness (QED) is 0.669. The minimum Gasteiger partial charge on any atom is -0.340 e. The van der Waals surface area contributed by atoms with Crippen molar-refractivity contribution in [3.63, 3.8) is 0 Å². The van der Waals surface area contributed by atoms with Gasteiger partial charge in [0.25, 0.3) is 0 Å². The summed E-state index contributed by atoms with van der Waals surface area (Å²) in [5.41, 5.74) is 1.96. The topological polar surface area (TPSA) is 75.5 Å². The lowest BCUT2D eigenvalue weighted by Crippen LogP contribution is -2.51. The van der Waals surface area contributed by atoms with Gasteiger partial charge in [-0.3, -0.25) is 14.4 Å². The van der Waals surface area contributed by atoms with Crippen molar-refractivity contribution in [3.05, 3.63) is 15.9 Å². The van der Waals surface area contributed by atoms with E-state index in [1.807, 2.05) is 30.4 Å². The molecule has 0 aromatic carbocycles. The van der Waals surface area contributed by atoms with Gasteiger partial charge in [0.2, 0.25) is 5.91 Å². The highest BCUT2D eigenvalue weighted by Crippen LogP contribution is 2.21. The molecular weight excluding hydrogens is 408 g/mol. The molecule has 9 heteroatoms. The van der Waals surface area contributed by atoms with E-state index in [2.05, 4.69) is 25.9 Å². The molecule has 0 saturated carbocycles. The van der Waals surface area contributed by atoms with E-state index >= 15 is 0 Å². The molecule has 1 atom stereocenters. The van der Waals surface area contributed by atoms with E-state index in [4.69, 9.17) is 0 Å². The van der Waals surface area contributed by atoms with Crippen LogP contribution in [0.2, 0.25) is 0 Å². The van der Waals surface area contributed by atoms with Gasteiger partial charge in [0.05, 0.1) is 28.4 Å². The predicted molar refractivity (Wildman–Crippen MR) is 101 cm³/mol. The van der Waals surface area contributed by atoms with Crippen molar-refractivity contribution in [1.29, 1.82) is 0 Å². The van der Waals surface area contributed by atoms with Gasteiger partial charge in [-0.25, -0.2) is 8.42 Å². The molecule has 0 spiro atoms. The van der Waals surface area contributed by atoms with E-state index in [1.54, 1.807) is 0 Å². The van der Waals surface area contributed by atoms with E-state index in [1.165, 1.54) is 6.26 Å². The van der Waals surface area contributed by atoms with Crippen molar-refractivity contribution < 1.29 is 13.2 Å². The third-order valence-electron chi connectivity index (χ3n) is 4.62. The fraction of sp³-hybridized carbons (Fsp3) is 0.750. The summed E-state index contributed by atoms with van der Waals surface area (Å²) < 4.78 is 25.4. The number of aromatic nitrogens is 2. The van der Waals surface area contributed by atoms with Gasteiger partial charge in [0, 0.05) is 44.7 Å². The molecule has 2 heterocycles. The molecule has 1 aliphatic rings. The monoisotopic (exact) mass is 434 g/mol. The molecule has 1 aromatic rings. The van der Waals surface area contributed by atoms with Crippen LogP contribution in [0, 0.1) is 19.8 Å². The SMILES string of the molecule is Cc1nn(CC(C)C(=O)N2CCN(CCS(C)(=O)=O)CC2)c(C)c1Br. The highest BCUT2D eigenvalue weighted by atomic mass is 79.9. The Bertz CT molecular complexity index is 724. The first kappa shape index (κ1) is 20.4. The number of carbonyl (C=O) groups excluding carboxylic acids is 1. The van der Waals surface area contributed by atoms with Crippen LogP contribution in [0.15, 0.2) is 4.47 Å². The average molecular weight is 435 g/mol. The van der Waals surface area contributed by atoms with Gasteiger partial charge in [0.15, 0.2) is 0 Å². The Kier molecular flexibility index (Phi) is 6.67. The first-order chi connectivity index (χ1) is 11.6. The number of rotatable bonds is 6. The predicted octanol–water partition coefficient (Wildman–Crippen LogP) is 1.09. The second-order valence-electron chi connectivity index (χ2n) is 6.86. The smallest absolute Gasteiger partial charge is 0.227 e. The van der Waals surface area contributed by atoms with Gasteiger partial charge in [-0.05, 0) is 29.8 Å².